The van der Waals surface area contributed by atoms with Gasteiger partial charge in [-0.2, -0.15) is 13.2 Å². The summed E-state index contributed by atoms with van der Waals surface area (Å²) in [6, 6.07) is 5.72. The van der Waals surface area contributed by atoms with E-state index in [4.69, 9.17) is 0 Å². The van der Waals surface area contributed by atoms with Gasteiger partial charge in [-0.25, -0.2) is 9.97 Å². The van der Waals surface area contributed by atoms with Crippen molar-refractivity contribution >= 4 is 33.8 Å². The average Bonchev–Trinajstić information content (AvgIpc) is 3.31. The topological polar surface area (TPSA) is 62.2 Å². The average molecular weight is 409 g/mol. The first-order valence-electron chi connectivity index (χ1n) is 8.13. The van der Waals surface area contributed by atoms with Crippen molar-refractivity contribution in [2.24, 2.45) is 4.99 Å². The van der Waals surface area contributed by atoms with Gasteiger partial charge in [0.1, 0.15) is 5.69 Å². The maximum absolute atomic E-state index is 12.9. The first-order chi connectivity index (χ1) is 13.0. The first kappa shape index (κ1) is 17.9. The van der Waals surface area contributed by atoms with Crippen molar-refractivity contribution in [2.75, 3.05) is 18.4 Å². The van der Waals surface area contributed by atoms with Crippen molar-refractivity contribution < 1.29 is 13.2 Å². The summed E-state index contributed by atoms with van der Waals surface area (Å²) in [4.78, 5) is 13.3. The molecule has 0 bridgehead atoms. The molecule has 0 aliphatic carbocycles. The van der Waals surface area contributed by atoms with Gasteiger partial charge in [-0.3, -0.25) is 4.99 Å². The number of guanidine groups is 1. The van der Waals surface area contributed by atoms with Gasteiger partial charge in [0.25, 0.3) is 0 Å². The maximum atomic E-state index is 12.9. The molecule has 3 aromatic rings. The molecule has 2 N–H and O–H groups in total. The second kappa shape index (κ2) is 7.28. The number of hydrogen-bond donors (Lipinski definition) is 2. The second-order valence-electron chi connectivity index (χ2n) is 5.78. The highest BCUT2D eigenvalue weighted by molar-refractivity contribution is 7.15. The summed E-state index contributed by atoms with van der Waals surface area (Å²) in [6.07, 6.45) is -3.45. The van der Waals surface area contributed by atoms with E-state index in [1.807, 2.05) is 16.8 Å². The number of pyridine rings is 1. The molecule has 0 amide bonds. The molecule has 1 aliphatic rings. The van der Waals surface area contributed by atoms with Gasteiger partial charge in [0, 0.05) is 29.4 Å². The highest BCUT2D eigenvalue weighted by atomic mass is 32.1. The lowest BCUT2D eigenvalue weighted by atomic mass is 10.2. The molecule has 0 radical (unpaired) electrons. The van der Waals surface area contributed by atoms with Gasteiger partial charge in [-0.15, -0.1) is 22.7 Å². The monoisotopic (exact) mass is 409 g/mol. The van der Waals surface area contributed by atoms with Crippen LogP contribution in [0.25, 0.3) is 21.8 Å². The molecule has 27 heavy (non-hydrogen) atoms. The van der Waals surface area contributed by atoms with E-state index in [9.17, 15) is 13.2 Å². The number of hydrogen-bond acceptors (Lipinski definition) is 7. The molecule has 0 unspecified atom stereocenters. The maximum Gasteiger partial charge on any atom is 0.433 e. The summed E-state index contributed by atoms with van der Waals surface area (Å²) in [6.45, 7) is 1.66. The van der Waals surface area contributed by atoms with E-state index < -0.39 is 11.9 Å². The van der Waals surface area contributed by atoms with Crippen LogP contribution in [-0.2, 0) is 6.18 Å². The SMILES string of the molecule is FC(F)(F)c1cccc(-c2cc(-c3csc(NC4=NCCCN4)n3)cs2)n1. The van der Waals surface area contributed by atoms with Crippen LogP contribution in [-0.4, -0.2) is 29.0 Å². The Hall–Kier alpha value is -2.46. The summed E-state index contributed by atoms with van der Waals surface area (Å²) >= 11 is 2.79. The van der Waals surface area contributed by atoms with Gasteiger partial charge in [-0.05, 0) is 24.6 Å². The van der Waals surface area contributed by atoms with Gasteiger partial charge >= 0.3 is 6.18 Å². The van der Waals surface area contributed by atoms with E-state index in [2.05, 4.69) is 25.6 Å². The zero-order valence-corrected chi connectivity index (χ0v) is 15.5. The third-order valence-corrected chi connectivity index (χ3v) is 5.52. The van der Waals surface area contributed by atoms with Crippen LogP contribution in [0.15, 0.2) is 40.0 Å². The summed E-state index contributed by atoms with van der Waals surface area (Å²) < 4.78 is 38.6. The molecule has 1 aliphatic heterocycles. The zero-order valence-electron chi connectivity index (χ0n) is 13.9. The lowest BCUT2D eigenvalue weighted by Gasteiger charge is -2.14. The van der Waals surface area contributed by atoms with Crippen molar-refractivity contribution in [3.05, 3.63) is 40.7 Å². The van der Waals surface area contributed by atoms with Crippen LogP contribution in [0.1, 0.15) is 12.1 Å². The summed E-state index contributed by atoms with van der Waals surface area (Å²) in [5.41, 5.74) is 1.01. The van der Waals surface area contributed by atoms with Crippen LogP contribution in [0.3, 0.4) is 0 Å². The predicted octanol–water partition coefficient (Wildman–Crippen LogP) is 4.71. The third kappa shape index (κ3) is 4.11. The molecule has 140 valence electrons. The molecule has 10 heteroatoms. The van der Waals surface area contributed by atoms with Crippen LogP contribution >= 0.6 is 22.7 Å². The lowest BCUT2D eigenvalue weighted by molar-refractivity contribution is -0.141. The minimum atomic E-state index is -4.46. The predicted molar refractivity (Wildman–Crippen MR) is 102 cm³/mol. The number of halogens is 3. The Morgan fingerprint density at radius 2 is 1.96 bits per heavy atom. The smallest absolute Gasteiger partial charge is 0.356 e. The number of anilines is 1. The summed E-state index contributed by atoms with van der Waals surface area (Å²) in [7, 11) is 0. The van der Waals surface area contributed by atoms with Crippen LogP contribution in [0.5, 0.6) is 0 Å². The number of alkyl halides is 3. The normalized spacial score (nSPS) is 14.6. The molecule has 5 nitrogen and oxygen atoms in total. The van der Waals surface area contributed by atoms with Crippen LogP contribution in [0, 0.1) is 0 Å². The molecule has 3 aromatic heterocycles. The van der Waals surface area contributed by atoms with Crippen molar-refractivity contribution in [1.82, 2.24) is 15.3 Å². The number of rotatable bonds is 3. The minimum Gasteiger partial charge on any atom is -0.356 e. The lowest BCUT2D eigenvalue weighted by Crippen LogP contribution is -2.35. The summed E-state index contributed by atoms with van der Waals surface area (Å²) in [5, 5.41) is 10.8. The number of thiophene rings is 1. The van der Waals surface area contributed by atoms with E-state index in [1.54, 1.807) is 6.07 Å². The summed E-state index contributed by atoms with van der Waals surface area (Å²) in [5.74, 6) is 0.710. The Labute approximate surface area is 161 Å². The highest BCUT2D eigenvalue weighted by Gasteiger charge is 2.32. The van der Waals surface area contributed by atoms with E-state index in [1.165, 1.54) is 28.7 Å². The van der Waals surface area contributed by atoms with Gasteiger partial charge < -0.3 is 10.6 Å². The van der Waals surface area contributed by atoms with Gasteiger partial charge in [-0.1, -0.05) is 6.07 Å². The standard InChI is InChI=1S/C17H14F3N5S2/c18-17(19,20)14-4-1-3-11(23-14)13-7-10(8-26-13)12-9-27-16(24-12)25-15-21-5-2-6-22-15/h1,3-4,7-9H,2,5-6H2,(H2,21,22,24,25). The molecule has 4 heterocycles. The first-order valence-corrected chi connectivity index (χ1v) is 9.89. The van der Waals surface area contributed by atoms with E-state index >= 15 is 0 Å². The van der Waals surface area contributed by atoms with Gasteiger partial charge in [0.05, 0.1) is 16.3 Å². The molecular formula is C17H14F3N5S2. The molecule has 4 rings (SSSR count). The highest BCUT2D eigenvalue weighted by Crippen LogP contribution is 2.35. The number of aliphatic imine (C=N–C) groups is 1. The molecule has 0 aromatic carbocycles. The van der Waals surface area contributed by atoms with Crippen molar-refractivity contribution in [2.45, 2.75) is 12.6 Å². The quantitative estimate of drug-likeness (QED) is 0.658. The van der Waals surface area contributed by atoms with E-state index in [0.717, 1.165) is 36.8 Å². The molecule has 0 saturated carbocycles. The molecule has 0 fully saturated rings. The van der Waals surface area contributed by atoms with Crippen LogP contribution in [0.2, 0.25) is 0 Å². The molecule has 0 saturated heterocycles. The number of thiazole rings is 1. The minimum absolute atomic E-state index is 0.301. The van der Waals surface area contributed by atoms with E-state index in [-0.39, 0.29) is 0 Å². The van der Waals surface area contributed by atoms with Crippen LogP contribution in [0.4, 0.5) is 18.3 Å². The molecule has 0 atom stereocenters. The van der Waals surface area contributed by atoms with Crippen LogP contribution < -0.4 is 10.6 Å². The van der Waals surface area contributed by atoms with Gasteiger partial charge in [0.2, 0.25) is 0 Å². The van der Waals surface area contributed by atoms with Crippen molar-refractivity contribution in [3.63, 3.8) is 0 Å². The Kier molecular flexibility index (Phi) is 4.83. The van der Waals surface area contributed by atoms with Gasteiger partial charge in [0.15, 0.2) is 11.1 Å². The fraction of sp³-hybridized carbons (Fsp3) is 0.235. The molecule has 0 spiro atoms. The Morgan fingerprint density at radius 3 is 2.74 bits per heavy atom. The third-order valence-electron chi connectivity index (χ3n) is 3.81. The number of aromatic nitrogens is 2. The van der Waals surface area contributed by atoms with E-state index in [0.29, 0.717) is 21.7 Å². The number of nitrogens with zero attached hydrogens (tertiary/aromatic N) is 3. The Morgan fingerprint density at radius 1 is 1.07 bits per heavy atom. The second-order valence-corrected chi connectivity index (χ2v) is 7.55. The Bertz CT molecular complexity index is 977. The fourth-order valence-electron chi connectivity index (χ4n) is 2.52. The largest absolute Gasteiger partial charge is 0.433 e. The number of nitrogens with one attached hydrogen (secondary N) is 2. The Balaban J connectivity index is 1.54. The molecular weight excluding hydrogens is 395 g/mol. The zero-order chi connectivity index (χ0) is 18.9. The fourth-order valence-corrected chi connectivity index (χ4v) is 4.11. The van der Waals surface area contributed by atoms with Crippen molar-refractivity contribution in [1.29, 1.82) is 0 Å². The van der Waals surface area contributed by atoms with Crippen molar-refractivity contribution in [3.8, 4) is 21.8 Å².